The first-order valence-electron chi connectivity index (χ1n) is 13.9. The number of halogens is 2. The van der Waals surface area contributed by atoms with E-state index < -0.39 is 27.2 Å². The lowest BCUT2D eigenvalue weighted by Crippen LogP contribution is -2.45. The topological polar surface area (TPSA) is 85.4 Å². The van der Waals surface area contributed by atoms with Crippen molar-refractivity contribution in [3.8, 4) is 17.2 Å². The Morgan fingerprint density at radius 2 is 1.62 bits per heavy atom. The van der Waals surface area contributed by atoms with Gasteiger partial charge in [0.1, 0.15) is 33.4 Å². The average Bonchev–Trinajstić information content (AvgIpc) is 3.24. The van der Waals surface area contributed by atoms with Crippen LogP contribution in [0.1, 0.15) is 43.2 Å². The molecule has 1 atom stereocenters. The second-order valence-corrected chi connectivity index (χ2v) is 12.6. The van der Waals surface area contributed by atoms with Gasteiger partial charge in [-0.25, -0.2) is 17.1 Å². The molecule has 0 saturated carbocycles. The summed E-state index contributed by atoms with van der Waals surface area (Å²) >= 11 is 6.59. The fraction of sp³-hybridized carbons (Fsp3) is 0.387. The van der Waals surface area contributed by atoms with Gasteiger partial charge in [0.05, 0.1) is 32.0 Å². The molecule has 1 unspecified atom stereocenters. The molecule has 1 fully saturated rings. The number of sulfonamides is 1. The Morgan fingerprint density at radius 1 is 0.905 bits per heavy atom. The Balaban J connectivity index is 1.71. The zero-order valence-electron chi connectivity index (χ0n) is 23.9. The van der Waals surface area contributed by atoms with Crippen LogP contribution < -0.4 is 18.5 Å². The summed E-state index contributed by atoms with van der Waals surface area (Å²) in [5.41, 5.74) is -1.20. The maximum absolute atomic E-state index is 15.7. The summed E-state index contributed by atoms with van der Waals surface area (Å²) in [4.78, 5) is 16.9. The zero-order chi connectivity index (χ0) is 30.1. The number of anilines is 1. The minimum Gasteiger partial charge on any atom is -0.497 e. The highest BCUT2D eigenvalue weighted by atomic mass is 35.5. The van der Waals surface area contributed by atoms with Gasteiger partial charge in [0.15, 0.2) is 0 Å². The molecule has 224 valence electrons. The van der Waals surface area contributed by atoms with Gasteiger partial charge in [-0.1, -0.05) is 36.2 Å². The van der Waals surface area contributed by atoms with Gasteiger partial charge in [0, 0.05) is 17.7 Å². The highest BCUT2D eigenvalue weighted by Gasteiger charge is 2.57. The molecular weight excluding hydrogens is 583 g/mol. The minimum absolute atomic E-state index is 0.00174. The summed E-state index contributed by atoms with van der Waals surface area (Å²) < 4.78 is 61.3. The lowest BCUT2D eigenvalue weighted by molar-refractivity contribution is -0.121. The molecule has 1 amide bonds. The molecule has 8 nitrogen and oxygen atoms in total. The van der Waals surface area contributed by atoms with Gasteiger partial charge >= 0.3 is 0 Å². The van der Waals surface area contributed by atoms with Gasteiger partial charge in [-0.05, 0) is 75.1 Å². The van der Waals surface area contributed by atoms with E-state index in [-0.39, 0.29) is 39.1 Å². The molecule has 2 aliphatic heterocycles. The quantitative estimate of drug-likeness (QED) is 0.285. The van der Waals surface area contributed by atoms with Gasteiger partial charge in [-0.3, -0.25) is 4.79 Å². The number of hydrogen-bond donors (Lipinski definition) is 0. The van der Waals surface area contributed by atoms with Gasteiger partial charge in [0.2, 0.25) is 0 Å². The van der Waals surface area contributed by atoms with Crippen LogP contribution in [0.2, 0.25) is 5.02 Å². The number of fused-ring (bicyclic) bond motifs is 1. The van der Waals surface area contributed by atoms with Crippen molar-refractivity contribution in [2.75, 3.05) is 45.3 Å². The van der Waals surface area contributed by atoms with E-state index in [2.05, 4.69) is 4.90 Å². The van der Waals surface area contributed by atoms with Crippen LogP contribution in [0.3, 0.4) is 0 Å². The Bertz CT molecular complexity index is 1590. The fourth-order valence-electron chi connectivity index (χ4n) is 6.13. The number of rotatable bonds is 10. The van der Waals surface area contributed by atoms with Crippen LogP contribution in [0.15, 0.2) is 59.5 Å². The molecular formula is C31H34ClFN2O6S. The van der Waals surface area contributed by atoms with Crippen LogP contribution in [-0.4, -0.2) is 60.2 Å². The summed E-state index contributed by atoms with van der Waals surface area (Å²) in [7, 11) is -0.387. The molecule has 42 heavy (non-hydrogen) atoms. The number of hydrogen-bond acceptors (Lipinski definition) is 7. The normalized spacial score (nSPS) is 19.1. The Kier molecular flexibility index (Phi) is 8.68. The van der Waals surface area contributed by atoms with E-state index in [0.717, 1.165) is 30.2 Å². The molecule has 0 radical (unpaired) electrons. The Hall–Kier alpha value is -3.34. The van der Waals surface area contributed by atoms with Crippen LogP contribution in [0, 0.1) is 5.82 Å². The predicted octanol–water partition coefficient (Wildman–Crippen LogP) is 5.79. The van der Waals surface area contributed by atoms with Crippen molar-refractivity contribution in [3.05, 3.63) is 76.6 Å². The smallest absolute Gasteiger partial charge is 0.274 e. The minimum atomic E-state index is -4.57. The molecule has 11 heteroatoms. The van der Waals surface area contributed by atoms with E-state index in [4.69, 9.17) is 25.8 Å². The number of carbonyl (C=O) groups excluding carboxylic acids is 1. The van der Waals surface area contributed by atoms with Crippen molar-refractivity contribution in [2.24, 2.45) is 0 Å². The van der Waals surface area contributed by atoms with Crippen molar-refractivity contribution in [3.63, 3.8) is 0 Å². The molecule has 2 heterocycles. The van der Waals surface area contributed by atoms with Crippen molar-refractivity contribution in [1.29, 1.82) is 0 Å². The molecule has 0 aliphatic carbocycles. The van der Waals surface area contributed by atoms with E-state index in [0.29, 0.717) is 24.3 Å². The third-order valence-corrected chi connectivity index (χ3v) is 10.2. The number of piperidine rings is 1. The summed E-state index contributed by atoms with van der Waals surface area (Å²) in [6, 6.07) is 13.2. The first-order valence-corrected chi connectivity index (χ1v) is 15.7. The van der Waals surface area contributed by atoms with Crippen LogP contribution in [0.5, 0.6) is 17.2 Å². The van der Waals surface area contributed by atoms with E-state index in [1.807, 2.05) is 0 Å². The Morgan fingerprint density at radius 3 is 2.29 bits per heavy atom. The third-order valence-electron chi connectivity index (χ3n) is 8.20. The third kappa shape index (κ3) is 5.09. The average molecular weight is 617 g/mol. The standard InChI is InChI=1S/C31H34ClFN2O6S/c1-39-21-12-13-29(28(18-21)41-3)42(37,38)35-26-20-27(40-2)24(32)19-23(26)31(30(35)36,22-10-5-6-11-25(22)33)14-9-17-34-15-7-4-8-16-34/h5-6,10-13,18-20H,4,7-9,14-17H2,1-3H3. The van der Waals surface area contributed by atoms with E-state index in [9.17, 15) is 13.2 Å². The molecule has 1 saturated heterocycles. The van der Waals surface area contributed by atoms with E-state index >= 15 is 4.39 Å². The van der Waals surface area contributed by atoms with Crippen molar-refractivity contribution < 1.29 is 31.8 Å². The highest BCUT2D eigenvalue weighted by Crippen LogP contribution is 2.54. The van der Waals surface area contributed by atoms with Crippen molar-refractivity contribution in [1.82, 2.24) is 4.90 Å². The zero-order valence-corrected chi connectivity index (χ0v) is 25.4. The first-order chi connectivity index (χ1) is 20.2. The van der Waals surface area contributed by atoms with Crippen molar-refractivity contribution >= 4 is 33.2 Å². The van der Waals surface area contributed by atoms with Crippen LogP contribution in [-0.2, 0) is 20.2 Å². The van der Waals surface area contributed by atoms with Gasteiger partial charge in [-0.2, -0.15) is 0 Å². The number of benzene rings is 3. The maximum atomic E-state index is 15.7. The summed E-state index contributed by atoms with van der Waals surface area (Å²) in [5.74, 6) is -0.835. The molecule has 2 aliphatic rings. The molecule has 0 bridgehead atoms. The number of carbonyl (C=O) groups is 1. The first kappa shape index (κ1) is 30.1. The number of methoxy groups -OCH3 is 3. The SMILES string of the molecule is COc1ccc(S(=O)(=O)N2C(=O)C(CCCN3CCCCC3)(c3ccccc3F)c3cc(Cl)c(OC)cc32)c(OC)c1. The maximum Gasteiger partial charge on any atom is 0.274 e. The van der Waals surface area contributed by atoms with Gasteiger partial charge in [0.25, 0.3) is 15.9 Å². The lowest BCUT2D eigenvalue weighted by atomic mass is 9.71. The highest BCUT2D eigenvalue weighted by molar-refractivity contribution is 7.93. The monoisotopic (exact) mass is 616 g/mol. The number of amides is 1. The van der Waals surface area contributed by atoms with Crippen LogP contribution in [0.25, 0.3) is 0 Å². The van der Waals surface area contributed by atoms with Gasteiger partial charge < -0.3 is 19.1 Å². The van der Waals surface area contributed by atoms with Gasteiger partial charge in [-0.15, -0.1) is 0 Å². The number of likely N-dealkylation sites (tertiary alicyclic amines) is 1. The second-order valence-electron chi connectivity index (χ2n) is 10.5. The molecule has 3 aromatic carbocycles. The molecule has 0 spiro atoms. The lowest BCUT2D eigenvalue weighted by Gasteiger charge is -2.32. The number of nitrogens with zero attached hydrogens (tertiary/aromatic N) is 2. The molecule has 5 rings (SSSR count). The molecule has 3 aromatic rings. The van der Waals surface area contributed by atoms with Crippen LogP contribution in [0.4, 0.5) is 10.1 Å². The summed E-state index contributed by atoms with van der Waals surface area (Å²) in [6.45, 7) is 2.61. The van der Waals surface area contributed by atoms with Crippen LogP contribution >= 0.6 is 11.6 Å². The molecule has 0 aromatic heterocycles. The summed E-state index contributed by atoms with van der Waals surface area (Å²) in [6.07, 6.45) is 4.09. The van der Waals surface area contributed by atoms with E-state index in [1.165, 1.54) is 64.1 Å². The largest absolute Gasteiger partial charge is 0.497 e. The predicted molar refractivity (Wildman–Crippen MR) is 159 cm³/mol. The summed E-state index contributed by atoms with van der Waals surface area (Å²) in [5, 5.41) is 0.182. The number of ether oxygens (including phenoxy) is 3. The van der Waals surface area contributed by atoms with E-state index in [1.54, 1.807) is 18.2 Å². The second kappa shape index (κ2) is 12.1. The molecule has 0 N–H and O–H groups in total. The fourth-order valence-corrected chi connectivity index (χ4v) is 7.98. The van der Waals surface area contributed by atoms with Crippen molar-refractivity contribution in [2.45, 2.75) is 42.4 Å². The Labute approximate surface area is 251 Å².